The number of anilines is 1. The van der Waals surface area contributed by atoms with Crippen LogP contribution in [-0.2, 0) is 9.59 Å². The van der Waals surface area contributed by atoms with Crippen LogP contribution in [0.25, 0.3) is 22.3 Å². The van der Waals surface area contributed by atoms with Crippen molar-refractivity contribution in [3.8, 4) is 22.8 Å². The summed E-state index contributed by atoms with van der Waals surface area (Å²) in [5.74, 6) is 0.397. The van der Waals surface area contributed by atoms with Crippen LogP contribution < -0.4 is 15.8 Å². The number of carbonyl (C=O) groups excluding carboxylic acids is 4. The van der Waals surface area contributed by atoms with E-state index in [2.05, 4.69) is 29.7 Å². The number of carbonyl (C=O) groups is 4. The van der Waals surface area contributed by atoms with E-state index in [4.69, 9.17) is 20.6 Å². The molecule has 0 radical (unpaired) electrons. The van der Waals surface area contributed by atoms with Crippen LogP contribution in [0.1, 0.15) is 89.6 Å². The quantitative estimate of drug-likeness (QED) is 0.176. The van der Waals surface area contributed by atoms with Crippen LogP contribution in [0, 0.1) is 0 Å². The Bertz CT molecular complexity index is 2490. The number of fused-ring (bicyclic) bond motifs is 2. The number of hydrogen-bond donors (Lipinski definition) is 2. The summed E-state index contributed by atoms with van der Waals surface area (Å²) in [5.41, 5.74) is 10.8. The molecule has 4 fully saturated rings. The second-order valence-corrected chi connectivity index (χ2v) is 17.4. The third-order valence-corrected chi connectivity index (χ3v) is 13.7. The van der Waals surface area contributed by atoms with E-state index >= 15 is 0 Å². The molecule has 4 amide bonds. The summed E-state index contributed by atoms with van der Waals surface area (Å²) in [4.78, 5) is 68.7. The van der Waals surface area contributed by atoms with Crippen molar-refractivity contribution >= 4 is 40.5 Å². The number of rotatable bonds is 10. The normalized spacial score (nSPS) is 22.4. The Balaban J connectivity index is 0.710. The second kappa shape index (κ2) is 17.0. The Morgan fingerprint density at radius 3 is 2.18 bits per heavy atom. The standard InChI is InChI=1S/C47H52N10O5/c48-43-41-42(31-8-11-36(12-9-31)62-35-6-2-1-3-7-35)52-57(44(41)50-29-49-43)34-5-4-20-55(28-34)33-18-23-54(24-19-33)26-25-53-21-16-30(17-22-53)32-10-13-37-38(27-32)47(61)56(46(37)60)39-14-15-40(58)51-45(39)59/h1-3,6-13,27,29-30,33-34,39H,4-5,14-26,28H2,(H2,48,49,50)(H,51,58,59). The van der Waals surface area contributed by atoms with Gasteiger partial charge in [-0.15, -0.1) is 0 Å². The smallest absolute Gasteiger partial charge is 0.262 e. The average molecular weight is 837 g/mol. The number of nitrogens with two attached hydrogens (primary N) is 1. The van der Waals surface area contributed by atoms with Crippen molar-refractivity contribution in [1.82, 2.24) is 44.7 Å². The maximum Gasteiger partial charge on any atom is 0.262 e. The fourth-order valence-electron chi connectivity index (χ4n) is 10.3. The zero-order valence-corrected chi connectivity index (χ0v) is 34.8. The first-order valence-electron chi connectivity index (χ1n) is 22.1. The molecule has 0 spiro atoms. The number of para-hydroxylation sites is 1. The number of likely N-dealkylation sites (tertiary alicyclic amines) is 3. The van der Waals surface area contributed by atoms with Crippen molar-refractivity contribution in [2.24, 2.45) is 0 Å². The Morgan fingerprint density at radius 2 is 1.44 bits per heavy atom. The number of aromatic nitrogens is 4. The van der Waals surface area contributed by atoms with E-state index in [0.29, 0.717) is 28.9 Å². The first kappa shape index (κ1) is 40.1. The van der Waals surface area contributed by atoms with Gasteiger partial charge in [0.2, 0.25) is 11.8 Å². The molecule has 3 aromatic carbocycles. The SMILES string of the molecule is Nc1ncnc2c1c(-c1ccc(Oc3ccccc3)cc1)nn2C1CCCN(C2CCN(CCN3CCC(c4ccc5c(c4)C(=O)N(C4CCC(=O)NC4=O)C5=O)CC3)CC2)C1. The highest BCUT2D eigenvalue weighted by Crippen LogP contribution is 2.37. The third kappa shape index (κ3) is 7.84. The monoisotopic (exact) mass is 836 g/mol. The summed E-state index contributed by atoms with van der Waals surface area (Å²) in [7, 11) is 0. The minimum atomic E-state index is -0.952. The van der Waals surface area contributed by atoms with Crippen molar-refractivity contribution < 1.29 is 23.9 Å². The van der Waals surface area contributed by atoms with E-state index in [-0.39, 0.29) is 24.8 Å². The van der Waals surface area contributed by atoms with E-state index in [1.807, 2.05) is 66.7 Å². The lowest BCUT2D eigenvalue weighted by Crippen LogP contribution is -2.54. The van der Waals surface area contributed by atoms with Crippen LogP contribution in [0.15, 0.2) is 79.1 Å². The Kier molecular flexibility index (Phi) is 11.0. The van der Waals surface area contributed by atoms with Gasteiger partial charge in [-0.2, -0.15) is 5.10 Å². The molecule has 4 saturated heterocycles. The molecule has 15 heteroatoms. The van der Waals surface area contributed by atoms with Crippen LogP contribution >= 0.6 is 0 Å². The zero-order valence-electron chi connectivity index (χ0n) is 34.8. The van der Waals surface area contributed by atoms with E-state index in [0.717, 1.165) is 135 Å². The number of piperidine rings is 4. The molecule has 15 nitrogen and oxygen atoms in total. The maximum absolute atomic E-state index is 13.4. The highest BCUT2D eigenvalue weighted by molar-refractivity contribution is 6.23. The number of hydrogen-bond acceptors (Lipinski definition) is 12. The van der Waals surface area contributed by atoms with Crippen molar-refractivity contribution in [2.75, 3.05) is 58.1 Å². The van der Waals surface area contributed by atoms with Gasteiger partial charge >= 0.3 is 0 Å². The molecule has 5 aliphatic heterocycles. The molecule has 2 unspecified atom stereocenters. The molecule has 10 rings (SSSR count). The van der Waals surface area contributed by atoms with Gasteiger partial charge in [0.25, 0.3) is 11.8 Å². The van der Waals surface area contributed by atoms with Crippen LogP contribution in [-0.4, -0.2) is 127 Å². The van der Waals surface area contributed by atoms with E-state index in [1.54, 1.807) is 6.07 Å². The van der Waals surface area contributed by atoms with Crippen molar-refractivity contribution in [2.45, 2.75) is 75.4 Å². The van der Waals surface area contributed by atoms with Gasteiger partial charge in [-0.25, -0.2) is 14.6 Å². The summed E-state index contributed by atoms with van der Waals surface area (Å²) in [5, 5.41) is 8.24. The third-order valence-electron chi connectivity index (χ3n) is 13.7. The fourth-order valence-corrected chi connectivity index (χ4v) is 10.3. The lowest BCUT2D eigenvalue weighted by molar-refractivity contribution is -0.136. The molecule has 0 bridgehead atoms. The van der Waals surface area contributed by atoms with Crippen LogP contribution in [0.3, 0.4) is 0 Å². The molecule has 0 aliphatic carbocycles. The Morgan fingerprint density at radius 1 is 0.726 bits per heavy atom. The average Bonchev–Trinajstić information content (AvgIpc) is 3.81. The fraction of sp³-hybridized carbons (Fsp3) is 0.426. The van der Waals surface area contributed by atoms with Crippen LogP contribution in [0.5, 0.6) is 11.5 Å². The molecule has 5 aliphatic rings. The zero-order chi connectivity index (χ0) is 42.3. The molecule has 3 N–H and O–H groups in total. The van der Waals surface area contributed by atoms with Gasteiger partial charge in [-0.1, -0.05) is 24.3 Å². The summed E-state index contributed by atoms with van der Waals surface area (Å²) in [6.07, 6.45) is 8.19. The van der Waals surface area contributed by atoms with E-state index < -0.39 is 23.8 Å². The number of amides is 4. The Hall–Kier alpha value is -6.03. The minimum absolute atomic E-state index is 0.107. The Labute approximate surface area is 360 Å². The molecule has 0 saturated carbocycles. The topological polar surface area (TPSA) is 172 Å². The molecule has 320 valence electrons. The summed E-state index contributed by atoms with van der Waals surface area (Å²) in [6.45, 7) is 8.24. The number of nitrogens with zero attached hydrogens (tertiary/aromatic N) is 8. The summed E-state index contributed by atoms with van der Waals surface area (Å²) >= 11 is 0. The summed E-state index contributed by atoms with van der Waals surface area (Å²) < 4.78 is 8.14. The van der Waals surface area contributed by atoms with Gasteiger partial charge in [-0.05, 0) is 138 Å². The number of ether oxygens (including phenoxy) is 1. The van der Waals surface area contributed by atoms with Crippen molar-refractivity contribution in [1.29, 1.82) is 0 Å². The van der Waals surface area contributed by atoms with E-state index in [9.17, 15) is 19.2 Å². The minimum Gasteiger partial charge on any atom is -0.457 e. The number of benzene rings is 3. The molecule has 5 aromatic rings. The first-order chi connectivity index (χ1) is 30.3. The largest absolute Gasteiger partial charge is 0.457 e. The number of nitrogen functional groups attached to an aromatic ring is 1. The predicted molar refractivity (Wildman–Crippen MR) is 233 cm³/mol. The number of nitrogens with one attached hydrogen (secondary N) is 1. The van der Waals surface area contributed by atoms with E-state index in [1.165, 1.54) is 6.33 Å². The predicted octanol–water partition coefficient (Wildman–Crippen LogP) is 5.25. The van der Waals surface area contributed by atoms with Gasteiger partial charge in [0.05, 0.1) is 22.6 Å². The van der Waals surface area contributed by atoms with Crippen LogP contribution in [0.4, 0.5) is 5.82 Å². The maximum atomic E-state index is 13.4. The van der Waals surface area contributed by atoms with Gasteiger partial charge < -0.3 is 20.3 Å². The second-order valence-electron chi connectivity index (χ2n) is 17.4. The number of imide groups is 2. The lowest BCUT2D eigenvalue weighted by atomic mass is 9.88. The van der Waals surface area contributed by atoms with Crippen molar-refractivity contribution in [3.05, 3.63) is 95.8 Å². The van der Waals surface area contributed by atoms with Gasteiger partial charge in [0.15, 0.2) is 5.65 Å². The van der Waals surface area contributed by atoms with Gasteiger partial charge in [0.1, 0.15) is 35.4 Å². The molecule has 7 heterocycles. The molecule has 62 heavy (non-hydrogen) atoms. The highest BCUT2D eigenvalue weighted by Gasteiger charge is 2.45. The molecular formula is C47H52N10O5. The summed E-state index contributed by atoms with van der Waals surface area (Å²) in [6, 6.07) is 23.0. The highest BCUT2D eigenvalue weighted by atomic mass is 16.5. The lowest BCUT2D eigenvalue weighted by Gasteiger charge is -2.42. The first-order valence-corrected chi connectivity index (χ1v) is 22.1. The molecular weight excluding hydrogens is 785 g/mol. The van der Waals surface area contributed by atoms with Crippen LogP contribution in [0.2, 0.25) is 0 Å². The van der Waals surface area contributed by atoms with Gasteiger partial charge in [-0.3, -0.25) is 34.3 Å². The molecule has 2 aromatic heterocycles. The van der Waals surface area contributed by atoms with Crippen molar-refractivity contribution in [3.63, 3.8) is 0 Å². The molecule has 2 atom stereocenters. The van der Waals surface area contributed by atoms with Gasteiger partial charge in [0, 0.05) is 37.7 Å².